The predicted octanol–water partition coefficient (Wildman–Crippen LogP) is 3.42. The lowest BCUT2D eigenvalue weighted by Gasteiger charge is -2.07. The van der Waals surface area contributed by atoms with Gasteiger partial charge in [-0.05, 0) is 36.9 Å². The molecule has 4 heteroatoms. The third-order valence-electron chi connectivity index (χ3n) is 2.95. The summed E-state index contributed by atoms with van der Waals surface area (Å²) in [7, 11) is 0. The maximum atomic E-state index is 10.0. The van der Waals surface area contributed by atoms with E-state index in [-0.39, 0.29) is 0 Å². The maximum Gasteiger partial charge on any atom is 0.137 e. The summed E-state index contributed by atoms with van der Waals surface area (Å²) < 4.78 is 1.98. The van der Waals surface area contributed by atoms with Gasteiger partial charge in [0.15, 0.2) is 0 Å². The molecule has 0 fully saturated rings. The first-order valence-electron chi connectivity index (χ1n) is 5.87. The third kappa shape index (κ3) is 1.74. The van der Waals surface area contributed by atoms with E-state index in [9.17, 15) is 5.11 Å². The van der Waals surface area contributed by atoms with Crippen molar-refractivity contribution in [3.05, 3.63) is 47.1 Å². The summed E-state index contributed by atoms with van der Waals surface area (Å²) in [6.45, 7) is 3.82. The molecule has 3 heterocycles. The Labute approximate surface area is 109 Å². The number of aryl methyl sites for hydroxylation is 1. The van der Waals surface area contributed by atoms with E-state index in [0.717, 1.165) is 27.5 Å². The molecule has 3 aromatic heterocycles. The van der Waals surface area contributed by atoms with Crippen LogP contribution in [0, 0.1) is 6.92 Å². The van der Waals surface area contributed by atoms with Gasteiger partial charge in [0.1, 0.15) is 11.3 Å². The van der Waals surface area contributed by atoms with Crippen molar-refractivity contribution in [1.29, 1.82) is 0 Å². The van der Waals surface area contributed by atoms with Gasteiger partial charge in [-0.1, -0.05) is 12.1 Å². The number of hydrogen-bond acceptors (Lipinski definition) is 3. The van der Waals surface area contributed by atoms with Gasteiger partial charge in [0.25, 0.3) is 0 Å². The smallest absolute Gasteiger partial charge is 0.137 e. The van der Waals surface area contributed by atoms with Crippen molar-refractivity contribution in [3.8, 4) is 10.6 Å². The van der Waals surface area contributed by atoms with Crippen LogP contribution in [0.25, 0.3) is 16.2 Å². The van der Waals surface area contributed by atoms with Crippen LogP contribution in [0.15, 0.2) is 35.8 Å². The van der Waals surface area contributed by atoms with Gasteiger partial charge in [-0.2, -0.15) is 0 Å². The Morgan fingerprint density at radius 2 is 2.17 bits per heavy atom. The lowest BCUT2D eigenvalue weighted by atomic mass is 10.2. The molecule has 0 aliphatic heterocycles. The van der Waals surface area contributed by atoms with E-state index < -0.39 is 6.10 Å². The molecular weight excluding hydrogens is 244 g/mol. The minimum absolute atomic E-state index is 0.543. The van der Waals surface area contributed by atoms with Crippen LogP contribution < -0.4 is 0 Å². The second-order valence-corrected chi connectivity index (χ2v) is 5.38. The molecule has 0 aliphatic carbocycles. The predicted molar refractivity (Wildman–Crippen MR) is 73.9 cm³/mol. The van der Waals surface area contributed by atoms with E-state index in [0.29, 0.717) is 0 Å². The van der Waals surface area contributed by atoms with Crippen LogP contribution in [0.1, 0.15) is 24.3 Å². The van der Waals surface area contributed by atoms with Crippen molar-refractivity contribution in [2.24, 2.45) is 0 Å². The maximum absolute atomic E-state index is 10.0. The van der Waals surface area contributed by atoms with Crippen LogP contribution in [0.3, 0.4) is 0 Å². The number of aliphatic hydroxyl groups excluding tert-OH is 1. The molecule has 0 radical (unpaired) electrons. The molecule has 0 aromatic carbocycles. The van der Waals surface area contributed by atoms with Crippen molar-refractivity contribution in [1.82, 2.24) is 9.38 Å². The first-order chi connectivity index (χ1) is 8.66. The topological polar surface area (TPSA) is 37.5 Å². The Bertz CT molecular complexity index is 683. The Morgan fingerprint density at radius 3 is 2.83 bits per heavy atom. The first kappa shape index (κ1) is 11.4. The van der Waals surface area contributed by atoms with Crippen molar-refractivity contribution < 1.29 is 5.11 Å². The SMILES string of the molecule is Cc1ccc2nc(-c3cccs3)c(C(C)O)n2c1. The minimum atomic E-state index is -0.543. The number of hydrogen-bond donors (Lipinski definition) is 1. The Morgan fingerprint density at radius 1 is 1.33 bits per heavy atom. The Balaban J connectivity index is 2.35. The van der Waals surface area contributed by atoms with E-state index in [1.165, 1.54) is 0 Å². The van der Waals surface area contributed by atoms with E-state index >= 15 is 0 Å². The standard InChI is InChI=1S/C14H14N2OS/c1-9-5-6-12-15-13(11-4-3-7-18-11)14(10(2)17)16(12)8-9/h3-8,10,17H,1-2H3. The Kier molecular flexibility index (Phi) is 2.69. The molecule has 1 atom stereocenters. The molecule has 0 saturated carbocycles. The van der Waals surface area contributed by atoms with Crippen LogP contribution in [0.4, 0.5) is 0 Å². The molecule has 1 unspecified atom stereocenters. The zero-order chi connectivity index (χ0) is 12.7. The second kappa shape index (κ2) is 4.23. The molecule has 3 nitrogen and oxygen atoms in total. The van der Waals surface area contributed by atoms with Crippen LogP contribution in [-0.2, 0) is 0 Å². The molecule has 0 bridgehead atoms. The van der Waals surface area contributed by atoms with Gasteiger partial charge < -0.3 is 9.51 Å². The second-order valence-electron chi connectivity index (χ2n) is 4.43. The molecule has 1 N–H and O–H groups in total. The number of fused-ring (bicyclic) bond motifs is 1. The highest BCUT2D eigenvalue weighted by molar-refractivity contribution is 7.13. The summed E-state index contributed by atoms with van der Waals surface area (Å²) in [4.78, 5) is 5.72. The molecule has 3 aromatic rings. The van der Waals surface area contributed by atoms with E-state index in [1.54, 1.807) is 18.3 Å². The minimum Gasteiger partial charge on any atom is -0.387 e. The Hall–Kier alpha value is -1.65. The van der Waals surface area contributed by atoms with Crippen molar-refractivity contribution in [3.63, 3.8) is 0 Å². The molecule has 18 heavy (non-hydrogen) atoms. The van der Waals surface area contributed by atoms with E-state index in [2.05, 4.69) is 4.98 Å². The number of rotatable bonds is 2. The molecule has 0 saturated heterocycles. The average Bonchev–Trinajstić information content (AvgIpc) is 2.94. The zero-order valence-electron chi connectivity index (χ0n) is 10.3. The monoisotopic (exact) mass is 258 g/mol. The van der Waals surface area contributed by atoms with Crippen molar-refractivity contribution >= 4 is 17.0 Å². The lowest BCUT2D eigenvalue weighted by molar-refractivity contribution is 0.194. The molecule has 92 valence electrons. The van der Waals surface area contributed by atoms with Gasteiger partial charge in [0.05, 0.1) is 16.7 Å². The summed E-state index contributed by atoms with van der Waals surface area (Å²) in [6.07, 6.45) is 1.47. The largest absolute Gasteiger partial charge is 0.387 e. The van der Waals surface area contributed by atoms with Crippen LogP contribution in [-0.4, -0.2) is 14.5 Å². The average molecular weight is 258 g/mol. The summed E-state index contributed by atoms with van der Waals surface area (Å²) in [5.74, 6) is 0. The van der Waals surface area contributed by atoms with Crippen LogP contribution in [0.2, 0.25) is 0 Å². The first-order valence-corrected chi connectivity index (χ1v) is 6.75. The number of pyridine rings is 1. The quantitative estimate of drug-likeness (QED) is 0.764. The van der Waals surface area contributed by atoms with E-state index in [4.69, 9.17) is 0 Å². The number of nitrogens with zero attached hydrogens (tertiary/aromatic N) is 2. The van der Waals surface area contributed by atoms with Crippen molar-refractivity contribution in [2.45, 2.75) is 20.0 Å². The van der Waals surface area contributed by atoms with Gasteiger partial charge in [0.2, 0.25) is 0 Å². The molecule has 3 rings (SSSR count). The number of aliphatic hydroxyl groups is 1. The van der Waals surface area contributed by atoms with E-state index in [1.807, 2.05) is 47.2 Å². The van der Waals surface area contributed by atoms with Crippen LogP contribution in [0.5, 0.6) is 0 Å². The summed E-state index contributed by atoms with van der Waals surface area (Å²) in [5, 5.41) is 12.0. The molecular formula is C14H14N2OS. The zero-order valence-corrected chi connectivity index (χ0v) is 11.1. The lowest BCUT2D eigenvalue weighted by Crippen LogP contribution is -1.99. The number of imidazole rings is 1. The highest BCUT2D eigenvalue weighted by Crippen LogP contribution is 2.31. The van der Waals surface area contributed by atoms with Crippen molar-refractivity contribution in [2.75, 3.05) is 0 Å². The summed E-state index contributed by atoms with van der Waals surface area (Å²) in [5.41, 5.74) is 3.76. The van der Waals surface area contributed by atoms with Gasteiger partial charge in [-0.25, -0.2) is 4.98 Å². The van der Waals surface area contributed by atoms with Gasteiger partial charge >= 0.3 is 0 Å². The molecule has 0 amide bonds. The fourth-order valence-electron chi connectivity index (χ4n) is 2.16. The highest BCUT2D eigenvalue weighted by Gasteiger charge is 2.18. The number of thiophene rings is 1. The number of aromatic nitrogens is 2. The van der Waals surface area contributed by atoms with Gasteiger partial charge in [-0.15, -0.1) is 11.3 Å². The molecule has 0 spiro atoms. The van der Waals surface area contributed by atoms with Gasteiger partial charge in [-0.3, -0.25) is 0 Å². The normalized spacial score (nSPS) is 13.1. The third-order valence-corrected chi connectivity index (χ3v) is 3.83. The fourth-order valence-corrected chi connectivity index (χ4v) is 2.89. The molecule has 0 aliphatic rings. The highest BCUT2D eigenvalue weighted by atomic mass is 32.1. The fraction of sp³-hybridized carbons (Fsp3) is 0.214. The summed E-state index contributed by atoms with van der Waals surface area (Å²) in [6, 6.07) is 8.05. The van der Waals surface area contributed by atoms with Crippen LogP contribution >= 0.6 is 11.3 Å². The summed E-state index contributed by atoms with van der Waals surface area (Å²) >= 11 is 1.64. The van der Waals surface area contributed by atoms with Gasteiger partial charge in [0, 0.05) is 6.20 Å².